The van der Waals surface area contributed by atoms with Crippen LogP contribution in [0.25, 0.3) is 33.4 Å². The molecular weight excluding hydrogens is 813 g/mol. The van der Waals surface area contributed by atoms with Gasteiger partial charge in [-0.3, -0.25) is 0 Å². The summed E-state index contributed by atoms with van der Waals surface area (Å²) in [5.74, 6) is 1.70. The minimum absolute atomic E-state index is 0.844. The first kappa shape index (κ1) is 42.1. The van der Waals surface area contributed by atoms with E-state index in [9.17, 15) is 0 Å². The van der Waals surface area contributed by atoms with Crippen molar-refractivity contribution in [3.63, 3.8) is 0 Å². The Balaban J connectivity index is 1.04. The molecule has 0 aromatic heterocycles. The molecule has 8 aromatic carbocycles. The van der Waals surface area contributed by atoms with Gasteiger partial charge in [0.1, 0.15) is 0 Å². The molecule has 9 rings (SSSR count). The first-order valence-electron chi connectivity index (χ1n) is 22.2. The van der Waals surface area contributed by atoms with Crippen LogP contribution >= 0.6 is 0 Å². The van der Waals surface area contributed by atoms with Gasteiger partial charge in [-0.25, -0.2) is 0 Å². The van der Waals surface area contributed by atoms with Gasteiger partial charge in [0.25, 0.3) is 0 Å². The van der Waals surface area contributed by atoms with Gasteiger partial charge in [-0.1, -0.05) is 190 Å². The third kappa shape index (κ3) is 8.76. The maximum absolute atomic E-state index is 6.63. The number of rotatable bonds is 10. The molecule has 1 heterocycles. The number of fused-ring (bicyclic) bond motifs is 2. The van der Waals surface area contributed by atoms with Crippen LogP contribution in [0.3, 0.4) is 0 Å². The summed E-state index contributed by atoms with van der Waals surface area (Å²) in [5, 5.41) is 4.41. The monoisotopic (exact) mass is 870 g/mol. The third-order valence-corrected chi connectivity index (χ3v) is 18.6. The number of hydrogen-bond donors (Lipinski definition) is 0. The summed E-state index contributed by atoms with van der Waals surface area (Å²) >= 11 is 0. The largest absolute Gasteiger partial charge is 0.453 e. The van der Waals surface area contributed by atoms with E-state index < -0.39 is 24.2 Å². The topological polar surface area (TPSA) is 15.7 Å². The fraction of sp³-hybridized carbons (Fsp3) is 0.158. The van der Waals surface area contributed by atoms with E-state index >= 15 is 0 Å². The Morgan fingerprint density at radius 2 is 0.667 bits per heavy atom. The zero-order chi connectivity index (χ0) is 44.1. The minimum atomic E-state index is -1.43. The molecule has 1 aliphatic heterocycles. The quantitative estimate of drug-likeness (QED) is 0.127. The average molecular weight is 871 g/mol. The molecule has 8 aromatic rings. The van der Waals surface area contributed by atoms with Crippen molar-refractivity contribution in [1.29, 1.82) is 0 Å². The van der Waals surface area contributed by atoms with E-state index in [4.69, 9.17) is 4.74 Å². The Hall–Kier alpha value is -6.19. The van der Waals surface area contributed by atoms with E-state index in [0.29, 0.717) is 0 Å². The van der Waals surface area contributed by atoms with Gasteiger partial charge in [0.2, 0.25) is 0 Å². The van der Waals surface area contributed by atoms with Gasteiger partial charge in [0.05, 0.1) is 35.6 Å². The number of anilines is 6. The van der Waals surface area contributed by atoms with Crippen molar-refractivity contribution in [2.24, 2.45) is 0 Å². The third-order valence-electron chi connectivity index (χ3n) is 12.4. The van der Waals surface area contributed by atoms with E-state index in [1.54, 1.807) is 0 Å². The lowest BCUT2D eigenvalue weighted by Gasteiger charge is -2.33. The van der Waals surface area contributed by atoms with Crippen LogP contribution in [-0.2, 0) is 0 Å². The van der Waals surface area contributed by atoms with Crippen LogP contribution in [-0.4, -0.2) is 24.2 Å². The number of hydrogen-bond acceptors (Lipinski definition) is 3. The Morgan fingerprint density at radius 3 is 1.08 bits per heavy atom. The fourth-order valence-corrected chi connectivity index (χ4v) is 12.0. The molecule has 0 unspecified atom stereocenters. The molecule has 0 saturated heterocycles. The first-order chi connectivity index (χ1) is 30.1. The van der Waals surface area contributed by atoms with Crippen molar-refractivity contribution in [2.45, 2.75) is 58.9 Å². The lowest BCUT2D eigenvalue weighted by Crippen LogP contribution is -2.37. The number of para-hydroxylation sites is 2. The second-order valence-corrected chi connectivity index (χ2v) is 35.2. The molecule has 0 spiro atoms. The van der Waals surface area contributed by atoms with E-state index in [1.807, 2.05) is 6.07 Å². The maximum Gasteiger partial charge on any atom is 0.152 e. The van der Waals surface area contributed by atoms with Crippen molar-refractivity contribution in [2.75, 3.05) is 9.80 Å². The summed E-state index contributed by atoms with van der Waals surface area (Å²) in [4.78, 5) is 4.69. The van der Waals surface area contributed by atoms with Gasteiger partial charge in [-0.05, 0) is 106 Å². The summed E-state index contributed by atoms with van der Waals surface area (Å²) in [6.45, 7) is 21.6. The molecule has 0 bridgehead atoms. The van der Waals surface area contributed by atoms with Crippen LogP contribution in [0.1, 0.15) is 0 Å². The highest BCUT2D eigenvalue weighted by molar-refractivity contribution is 6.89. The summed E-state index contributed by atoms with van der Waals surface area (Å²) in [6, 6.07) is 69.4. The van der Waals surface area contributed by atoms with E-state index in [2.05, 4.69) is 251 Å². The zero-order valence-corrected chi connectivity index (χ0v) is 41.2. The Labute approximate surface area is 378 Å². The Morgan fingerprint density at radius 1 is 0.333 bits per heavy atom. The summed E-state index contributed by atoms with van der Waals surface area (Å²) in [6.07, 6.45) is 0. The van der Waals surface area contributed by atoms with E-state index in [0.717, 1.165) is 56.8 Å². The molecule has 3 nitrogen and oxygen atoms in total. The predicted octanol–water partition coefficient (Wildman–Crippen LogP) is 15.4. The predicted molar refractivity (Wildman–Crippen MR) is 281 cm³/mol. The molecule has 0 aliphatic carbocycles. The molecular formula is C57H58N2OSi3. The lowest BCUT2D eigenvalue weighted by atomic mass is 10.0. The molecule has 0 fully saturated rings. The number of ether oxygens (including phenoxy) is 1. The highest BCUT2D eigenvalue weighted by Gasteiger charge is 2.27. The summed E-state index contributed by atoms with van der Waals surface area (Å²) < 4.78 is 6.63. The van der Waals surface area contributed by atoms with Crippen molar-refractivity contribution >= 4 is 73.9 Å². The SMILES string of the molecule is C[Si](C)(C)c1ccc(-c2ccc(N(c3ccc(-c4ccc([Si](C)(C)C)cc4)cc3)c3ccc(-c4ccc5c(c4)Oc4ccccc4N5c4ccc([Si](C)(C)C)cc4)cc3)cc2)cc1. The van der Waals surface area contributed by atoms with Crippen LogP contribution < -0.4 is 30.1 Å². The van der Waals surface area contributed by atoms with Gasteiger partial charge in [0, 0.05) is 22.7 Å². The second kappa shape index (κ2) is 16.5. The van der Waals surface area contributed by atoms with Gasteiger partial charge < -0.3 is 14.5 Å². The molecule has 6 heteroatoms. The lowest BCUT2D eigenvalue weighted by molar-refractivity contribution is 0.477. The van der Waals surface area contributed by atoms with Crippen molar-refractivity contribution in [1.82, 2.24) is 0 Å². The molecule has 0 radical (unpaired) electrons. The minimum Gasteiger partial charge on any atom is -0.453 e. The van der Waals surface area contributed by atoms with Crippen LogP contribution in [0, 0.1) is 0 Å². The van der Waals surface area contributed by atoms with Crippen LogP contribution in [0.5, 0.6) is 11.5 Å². The smallest absolute Gasteiger partial charge is 0.152 e. The Kier molecular flexibility index (Phi) is 11.0. The molecule has 314 valence electrons. The normalized spacial score (nSPS) is 12.6. The standard InChI is InChI=1S/C57H58N2OSi3/c1-61(2,3)51-33-20-43(21-34-51)41-14-25-47(26-15-41)58(48-27-16-42(17-28-48)44-22-35-52(36-23-44)62(4,5)6)49-29-18-45(19-30-49)46-24-39-55-57(40-46)60-56-13-11-10-12-54(56)59(55)50-31-37-53(38-32-50)63(7,8)9/h10-40H,1-9H3. The van der Waals surface area contributed by atoms with Gasteiger partial charge in [-0.15, -0.1) is 0 Å². The second-order valence-electron chi connectivity index (χ2n) is 20.0. The average Bonchev–Trinajstić information content (AvgIpc) is 3.28. The maximum atomic E-state index is 6.63. The molecule has 1 aliphatic rings. The van der Waals surface area contributed by atoms with Gasteiger partial charge in [0.15, 0.2) is 11.5 Å². The molecule has 0 saturated carbocycles. The summed E-state index contributed by atoms with van der Waals surface area (Å²) in [5.41, 5.74) is 13.7. The van der Waals surface area contributed by atoms with Crippen LogP contribution in [0.2, 0.25) is 58.9 Å². The highest BCUT2D eigenvalue weighted by atomic mass is 28.3. The molecule has 0 N–H and O–H groups in total. The van der Waals surface area contributed by atoms with Gasteiger partial charge in [-0.2, -0.15) is 0 Å². The van der Waals surface area contributed by atoms with Crippen LogP contribution in [0.15, 0.2) is 188 Å². The summed E-state index contributed by atoms with van der Waals surface area (Å²) in [7, 11) is -4.18. The van der Waals surface area contributed by atoms with E-state index in [1.165, 1.54) is 37.8 Å². The first-order valence-corrected chi connectivity index (χ1v) is 32.7. The highest BCUT2D eigenvalue weighted by Crippen LogP contribution is 2.51. The van der Waals surface area contributed by atoms with Crippen molar-refractivity contribution in [3.05, 3.63) is 188 Å². The molecule has 63 heavy (non-hydrogen) atoms. The molecule has 0 atom stereocenters. The number of benzene rings is 8. The number of nitrogens with zero attached hydrogens (tertiary/aromatic N) is 2. The van der Waals surface area contributed by atoms with Crippen molar-refractivity contribution in [3.8, 4) is 44.9 Å². The van der Waals surface area contributed by atoms with Gasteiger partial charge >= 0.3 is 0 Å². The molecule has 0 amide bonds. The zero-order valence-electron chi connectivity index (χ0n) is 38.2. The van der Waals surface area contributed by atoms with E-state index in [-0.39, 0.29) is 0 Å². The van der Waals surface area contributed by atoms with Crippen LogP contribution in [0.4, 0.5) is 34.1 Å². The fourth-order valence-electron chi connectivity index (χ4n) is 8.51. The van der Waals surface area contributed by atoms with Crippen molar-refractivity contribution < 1.29 is 4.74 Å². The Bertz CT molecular complexity index is 2770.